The summed E-state index contributed by atoms with van der Waals surface area (Å²) in [4.78, 5) is 15.2. The van der Waals surface area contributed by atoms with E-state index in [1.54, 1.807) is 0 Å². The lowest BCUT2D eigenvalue weighted by molar-refractivity contribution is 0.234. The van der Waals surface area contributed by atoms with Gasteiger partial charge in [0.2, 0.25) is 0 Å². The summed E-state index contributed by atoms with van der Waals surface area (Å²) in [6.45, 7) is 4.35. The Morgan fingerprint density at radius 2 is 2.07 bits per heavy atom. The van der Waals surface area contributed by atoms with Crippen molar-refractivity contribution in [2.75, 3.05) is 6.61 Å². The van der Waals surface area contributed by atoms with Gasteiger partial charge < -0.3 is 20.4 Å². The number of benzene rings is 2. The van der Waals surface area contributed by atoms with Crippen LogP contribution in [0, 0.1) is 6.92 Å². The normalized spacial score (nSPS) is 12.6. The van der Waals surface area contributed by atoms with Crippen molar-refractivity contribution in [2.24, 2.45) is 12.8 Å². The number of aromatic nitrogens is 2. The number of amides is 2. The Labute approximate surface area is 156 Å². The minimum absolute atomic E-state index is 0.164. The topological polar surface area (TPSA) is 82.2 Å². The molecule has 0 spiro atoms. The van der Waals surface area contributed by atoms with Gasteiger partial charge in [-0.15, -0.1) is 0 Å². The summed E-state index contributed by atoms with van der Waals surface area (Å²) >= 11 is 0. The Balaban J connectivity index is 1.81. The summed E-state index contributed by atoms with van der Waals surface area (Å²) in [6, 6.07) is 9.61. The average molecular weight is 362 g/mol. The Bertz CT molecular complexity index is 1180. The van der Waals surface area contributed by atoms with Crippen LogP contribution in [0.3, 0.4) is 0 Å². The maximum atomic E-state index is 10.9. The largest absolute Gasteiger partial charge is 0.491 e. The molecule has 6 heteroatoms. The van der Waals surface area contributed by atoms with E-state index in [-0.39, 0.29) is 6.04 Å². The van der Waals surface area contributed by atoms with Gasteiger partial charge in [0.25, 0.3) is 0 Å². The number of nitrogens with zero attached hydrogens (tertiary/aromatic N) is 2. The number of fused-ring (bicyclic) bond motifs is 4. The molecule has 2 amide bonds. The number of hydrogen-bond donors (Lipinski definition) is 2. The Hall–Kier alpha value is -3.28. The van der Waals surface area contributed by atoms with E-state index >= 15 is 0 Å². The summed E-state index contributed by atoms with van der Waals surface area (Å²) in [5.41, 5.74) is 8.75. The van der Waals surface area contributed by atoms with Crippen molar-refractivity contribution in [2.45, 2.75) is 19.9 Å². The highest BCUT2D eigenvalue weighted by Gasteiger charge is 2.14. The fourth-order valence-electron chi connectivity index (χ4n) is 3.79. The van der Waals surface area contributed by atoms with Gasteiger partial charge in [0.15, 0.2) is 0 Å². The van der Waals surface area contributed by atoms with E-state index in [0.29, 0.717) is 6.61 Å². The second-order valence-corrected chi connectivity index (χ2v) is 6.95. The molecule has 2 heterocycles. The number of nitrogens with one attached hydrogen (secondary N) is 1. The molecule has 1 atom stereocenters. The van der Waals surface area contributed by atoms with E-state index in [1.165, 1.54) is 21.9 Å². The van der Waals surface area contributed by atoms with Crippen molar-refractivity contribution >= 4 is 38.6 Å². The Morgan fingerprint density at radius 3 is 2.85 bits per heavy atom. The minimum Gasteiger partial charge on any atom is -0.491 e. The maximum absolute atomic E-state index is 10.9. The van der Waals surface area contributed by atoms with Gasteiger partial charge in [0, 0.05) is 41.1 Å². The number of primary amides is 1. The quantitative estimate of drug-likeness (QED) is 0.582. The van der Waals surface area contributed by atoms with E-state index in [1.807, 2.05) is 25.4 Å². The molecule has 3 N–H and O–H groups in total. The smallest absolute Gasteiger partial charge is 0.312 e. The molecule has 0 aliphatic heterocycles. The molecule has 0 aliphatic carbocycles. The lowest BCUT2D eigenvalue weighted by Crippen LogP contribution is -2.40. The second-order valence-electron chi connectivity index (χ2n) is 6.95. The fraction of sp³-hybridized carbons (Fsp3) is 0.238. The highest BCUT2D eigenvalue weighted by molar-refractivity contribution is 6.14. The Morgan fingerprint density at radius 1 is 1.26 bits per heavy atom. The molecule has 0 unspecified atom stereocenters. The van der Waals surface area contributed by atoms with Crippen LogP contribution < -0.4 is 15.8 Å². The van der Waals surface area contributed by atoms with Crippen molar-refractivity contribution in [1.29, 1.82) is 0 Å². The zero-order valence-electron chi connectivity index (χ0n) is 15.6. The zero-order chi connectivity index (χ0) is 19.1. The molecule has 2 aromatic heterocycles. The first-order valence-corrected chi connectivity index (χ1v) is 8.90. The molecule has 0 aliphatic rings. The summed E-state index contributed by atoms with van der Waals surface area (Å²) < 4.78 is 8.08. The standard InChI is InChI=1S/C21H22N4O2/c1-12(24-21(22)26)11-27-15-4-5-19-17(9-15)18-8-14-10-23-7-6-16(14)13(2)20(18)25(19)3/h4-10,12H,11H2,1-3H3,(H3,22,24,26)/t12-/m0/s1. The van der Waals surface area contributed by atoms with Crippen LogP contribution >= 0.6 is 0 Å². The number of carbonyl (C=O) groups excluding carboxylic acids is 1. The van der Waals surface area contributed by atoms with Gasteiger partial charge in [-0.1, -0.05) is 0 Å². The van der Waals surface area contributed by atoms with Gasteiger partial charge >= 0.3 is 6.03 Å². The molecule has 0 fully saturated rings. The molecule has 0 saturated carbocycles. The molecular weight excluding hydrogens is 340 g/mol. The summed E-state index contributed by atoms with van der Waals surface area (Å²) in [5.74, 6) is 0.761. The lowest BCUT2D eigenvalue weighted by Gasteiger charge is -2.13. The van der Waals surface area contributed by atoms with Crippen LogP contribution in [-0.2, 0) is 7.05 Å². The van der Waals surface area contributed by atoms with Crippen molar-refractivity contribution in [3.05, 3.63) is 48.3 Å². The third-order valence-electron chi connectivity index (χ3n) is 5.01. The van der Waals surface area contributed by atoms with Crippen LogP contribution in [0.25, 0.3) is 32.6 Å². The molecule has 6 nitrogen and oxygen atoms in total. The number of nitrogens with two attached hydrogens (primary N) is 1. The van der Waals surface area contributed by atoms with Crippen molar-refractivity contribution in [3.63, 3.8) is 0 Å². The summed E-state index contributed by atoms with van der Waals surface area (Å²) in [7, 11) is 2.09. The number of aryl methyl sites for hydroxylation is 2. The molecule has 0 saturated heterocycles. The maximum Gasteiger partial charge on any atom is 0.312 e. The third kappa shape index (κ3) is 2.93. The van der Waals surface area contributed by atoms with Gasteiger partial charge in [0.05, 0.1) is 11.6 Å². The van der Waals surface area contributed by atoms with Gasteiger partial charge in [0.1, 0.15) is 12.4 Å². The highest BCUT2D eigenvalue weighted by atomic mass is 16.5. The van der Waals surface area contributed by atoms with Gasteiger partial charge in [-0.05, 0) is 55.1 Å². The first-order chi connectivity index (χ1) is 13.0. The number of carbonyl (C=O) groups is 1. The van der Waals surface area contributed by atoms with Gasteiger partial charge in [-0.3, -0.25) is 4.98 Å². The summed E-state index contributed by atoms with van der Waals surface area (Å²) in [5, 5.41) is 7.27. The predicted molar refractivity (Wildman–Crippen MR) is 108 cm³/mol. The van der Waals surface area contributed by atoms with E-state index < -0.39 is 6.03 Å². The van der Waals surface area contributed by atoms with Crippen LogP contribution in [0.1, 0.15) is 12.5 Å². The van der Waals surface area contributed by atoms with E-state index in [4.69, 9.17) is 10.5 Å². The first kappa shape index (κ1) is 17.1. The molecule has 4 aromatic rings. The molecule has 4 rings (SSSR count). The van der Waals surface area contributed by atoms with Crippen LogP contribution in [0.5, 0.6) is 5.75 Å². The average Bonchev–Trinajstić information content (AvgIpc) is 2.92. The third-order valence-corrected chi connectivity index (χ3v) is 5.01. The second kappa shape index (κ2) is 6.46. The first-order valence-electron chi connectivity index (χ1n) is 8.90. The number of ether oxygens (including phenoxy) is 1. The van der Waals surface area contributed by atoms with Crippen LogP contribution in [0.15, 0.2) is 42.7 Å². The van der Waals surface area contributed by atoms with Crippen LogP contribution in [-0.4, -0.2) is 28.2 Å². The highest BCUT2D eigenvalue weighted by Crippen LogP contribution is 2.36. The predicted octanol–water partition coefficient (Wildman–Crippen LogP) is 3.62. The number of urea groups is 1. The van der Waals surface area contributed by atoms with Crippen molar-refractivity contribution in [1.82, 2.24) is 14.9 Å². The number of pyridine rings is 1. The number of rotatable bonds is 4. The van der Waals surface area contributed by atoms with Crippen molar-refractivity contribution < 1.29 is 9.53 Å². The van der Waals surface area contributed by atoms with E-state index in [0.717, 1.165) is 22.0 Å². The van der Waals surface area contributed by atoms with Crippen LogP contribution in [0.2, 0.25) is 0 Å². The van der Waals surface area contributed by atoms with Crippen LogP contribution in [0.4, 0.5) is 4.79 Å². The molecule has 138 valence electrons. The monoisotopic (exact) mass is 362 g/mol. The zero-order valence-corrected chi connectivity index (χ0v) is 15.6. The molecule has 27 heavy (non-hydrogen) atoms. The Kier molecular flexibility index (Phi) is 4.11. The van der Waals surface area contributed by atoms with Gasteiger partial charge in [-0.2, -0.15) is 0 Å². The van der Waals surface area contributed by atoms with Crippen molar-refractivity contribution in [3.8, 4) is 5.75 Å². The molecule has 2 aromatic carbocycles. The number of hydrogen-bond acceptors (Lipinski definition) is 3. The van der Waals surface area contributed by atoms with E-state index in [9.17, 15) is 4.79 Å². The van der Waals surface area contributed by atoms with E-state index in [2.05, 4.69) is 53.1 Å². The van der Waals surface area contributed by atoms with Gasteiger partial charge in [-0.25, -0.2) is 4.79 Å². The SMILES string of the molecule is Cc1c2ccncc2cc2c3cc(OC[C@H](C)NC(N)=O)ccc3n(C)c12. The molecule has 0 bridgehead atoms. The fourth-order valence-corrected chi connectivity index (χ4v) is 3.79. The minimum atomic E-state index is -0.549. The molecular formula is C21H22N4O2. The lowest BCUT2D eigenvalue weighted by atomic mass is 10.0. The summed E-state index contributed by atoms with van der Waals surface area (Å²) in [6.07, 6.45) is 3.73. The molecule has 0 radical (unpaired) electrons.